The Morgan fingerprint density at radius 2 is 1.89 bits per heavy atom. The third-order valence-electron chi connectivity index (χ3n) is 4.23. The predicted molar refractivity (Wildman–Crippen MR) is 109 cm³/mol. The van der Waals surface area contributed by atoms with Crippen molar-refractivity contribution in [3.8, 4) is 0 Å². The summed E-state index contributed by atoms with van der Waals surface area (Å²) in [6, 6.07) is 0. The smallest absolute Gasteiger partial charge is 0.408 e. The summed E-state index contributed by atoms with van der Waals surface area (Å²) in [5, 5.41) is 9.59. The van der Waals surface area contributed by atoms with Crippen molar-refractivity contribution in [2.45, 2.75) is 72.1 Å². The lowest BCUT2D eigenvalue weighted by Gasteiger charge is -2.32. The molecule has 0 aliphatic rings. The second-order valence-electron chi connectivity index (χ2n) is 7.54. The SMILES string of the molecule is CCNC(=NCC(CC)(CC)NC(=O)OC(C)(C)C)NCCn1ccnc1. The highest BCUT2D eigenvalue weighted by molar-refractivity contribution is 5.79. The minimum Gasteiger partial charge on any atom is -0.444 e. The number of aliphatic imine (C=N–C) groups is 1. The third kappa shape index (κ3) is 8.79. The second-order valence-corrected chi connectivity index (χ2v) is 7.54. The van der Waals surface area contributed by atoms with E-state index in [2.05, 4.69) is 34.8 Å². The van der Waals surface area contributed by atoms with Crippen molar-refractivity contribution in [1.29, 1.82) is 0 Å². The van der Waals surface area contributed by atoms with E-state index in [0.29, 0.717) is 6.54 Å². The van der Waals surface area contributed by atoms with Gasteiger partial charge in [-0.3, -0.25) is 4.99 Å². The third-order valence-corrected chi connectivity index (χ3v) is 4.23. The zero-order valence-corrected chi connectivity index (χ0v) is 17.6. The van der Waals surface area contributed by atoms with Gasteiger partial charge in [-0.1, -0.05) is 13.8 Å². The molecule has 0 aromatic carbocycles. The molecule has 8 heteroatoms. The van der Waals surface area contributed by atoms with Crippen molar-refractivity contribution < 1.29 is 9.53 Å². The fraction of sp³-hybridized carbons (Fsp3) is 0.737. The van der Waals surface area contributed by atoms with Gasteiger partial charge < -0.3 is 25.3 Å². The van der Waals surface area contributed by atoms with E-state index >= 15 is 0 Å². The first-order valence-corrected chi connectivity index (χ1v) is 9.72. The molecule has 1 aromatic rings. The number of amides is 1. The second kappa shape index (κ2) is 10.8. The Morgan fingerprint density at radius 1 is 1.19 bits per heavy atom. The summed E-state index contributed by atoms with van der Waals surface area (Å²) in [7, 11) is 0. The Kier molecular flexibility index (Phi) is 9.11. The van der Waals surface area contributed by atoms with Crippen LogP contribution in [-0.2, 0) is 11.3 Å². The first-order valence-electron chi connectivity index (χ1n) is 9.72. The molecular formula is C19H36N6O2. The Balaban J connectivity index is 2.70. The summed E-state index contributed by atoms with van der Waals surface area (Å²) in [6.45, 7) is 14.5. The number of alkyl carbamates (subject to hydrolysis) is 1. The largest absolute Gasteiger partial charge is 0.444 e. The Bertz CT molecular complexity index is 574. The summed E-state index contributed by atoms with van der Waals surface area (Å²) in [5.74, 6) is 0.731. The van der Waals surface area contributed by atoms with Gasteiger partial charge in [0.2, 0.25) is 0 Å². The van der Waals surface area contributed by atoms with E-state index in [4.69, 9.17) is 9.73 Å². The van der Waals surface area contributed by atoms with Gasteiger partial charge in [-0.2, -0.15) is 0 Å². The predicted octanol–water partition coefficient (Wildman–Crippen LogP) is 2.52. The molecule has 1 rings (SSSR count). The van der Waals surface area contributed by atoms with Gasteiger partial charge in [-0.05, 0) is 40.5 Å². The summed E-state index contributed by atoms with van der Waals surface area (Å²) < 4.78 is 7.42. The number of guanidine groups is 1. The molecule has 3 N–H and O–H groups in total. The number of ether oxygens (including phenoxy) is 1. The van der Waals surface area contributed by atoms with Crippen molar-refractivity contribution in [2.24, 2.45) is 4.99 Å². The van der Waals surface area contributed by atoms with Crippen LogP contribution in [-0.4, -0.2) is 52.4 Å². The van der Waals surface area contributed by atoms with Crippen LogP contribution in [0.5, 0.6) is 0 Å². The molecule has 1 aromatic heterocycles. The molecule has 0 bridgehead atoms. The molecule has 27 heavy (non-hydrogen) atoms. The van der Waals surface area contributed by atoms with Crippen LogP contribution in [0.1, 0.15) is 54.4 Å². The number of carbonyl (C=O) groups excluding carboxylic acids is 1. The molecular weight excluding hydrogens is 344 g/mol. The molecule has 0 saturated carbocycles. The van der Waals surface area contributed by atoms with Crippen molar-refractivity contribution in [3.05, 3.63) is 18.7 Å². The Hall–Kier alpha value is -2.25. The van der Waals surface area contributed by atoms with E-state index in [1.165, 1.54) is 0 Å². The number of aromatic nitrogens is 2. The molecule has 0 radical (unpaired) electrons. The molecule has 0 spiro atoms. The molecule has 1 amide bonds. The quantitative estimate of drug-likeness (QED) is 0.452. The van der Waals surface area contributed by atoms with Crippen molar-refractivity contribution >= 4 is 12.1 Å². The van der Waals surface area contributed by atoms with Gasteiger partial charge in [0, 0.05) is 32.0 Å². The standard InChI is InChI=1S/C19H36N6O2/c1-7-19(8-2,24-17(26)27-18(4,5)6)14-23-16(21-9-3)22-11-13-25-12-10-20-15-25/h10,12,15H,7-9,11,13-14H2,1-6H3,(H,24,26)(H2,21,22,23). The van der Waals surface area contributed by atoms with Crippen molar-refractivity contribution in [3.63, 3.8) is 0 Å². The molecule has 154 valence electrons. The van der Waals surface area contributed by atoms with Gasteiger partial charge >= 0.3 is 6.09 Å². The lowest BCUT2D eigenvalue weighted by Crippen LogP contribution is -2.52. The fourth-order valence-electron chi connectivity index (χ4n) is 2.50. The van der Waals surface area contributed by atoms with Crippen molar-refractivity contribution in [2.75, 3.05) is 19.6 Å². The van der Waals surface area contributed by atoms with Crippen molar-refractivity contribution in [1.82, 2.24) is 25.5 Å². The summed E-state index contributed by atoms with van der Waals surface area (Å²) in [5.41, 5.74) is -0.959. The maximum Gasteiger partial charge on any atom is 0.408 e. The molecule has 8 nitrogen and oxygen atoms in total. The van der Waals surface area contributed by atoms with Crippen LogP contribution in [0.25, 0.3) is 0 Å². The van der Waals surface area contributed by atoms with Crippen LogP contribution in [0.3, 0.4) is 0 Å². The topological polar surface area (TPSA) is 92.6 Å². The highest BCUT2D eigenvalue weighted by Crippen LogP contribution is 2.17. The zero-order chi connectivity index (χ0) is 20.3. The van der Waals surface area contributed by atoms with Crippen LogP contribution in [0, 0.1) is 0 Å². The number of nitrogens with zero attached hydrogens (tertiary/aromatic N) is 3. The van der Waals surface area contributed by atoms with Gasteiger partial charge in [-0.15, -0.1) is 0 Å². The Morgan fingerprint density at radius 3 is 2.41 bits per heavy atom. The van der Waals surface area contributed by atoms with E-state index < -0.39 is 17.2 Å². The van der Waals surface area contributed by atoms with E-state index in [1.807, 2.05) is 38.5 Å². The van der Waals surface area contributed by atoms with E-state index in [1.54, 1.807) is 12.5 Å². The van der Waals surface area contributed by atoms with E-state index in [-0.39, 0.29) is 0 Å². The molecule has 0 saturated heterocycles. The van der Waals surface area contributed by atoms with E-state index in [0.717, 1.165) is 38.4 Å². The minimum absolute atomic E-state index is 0.403. The Labute approximate surface area is 163 Å². The molecule has 0 atom stereocenters. The maximum atomic E-state index is 12.2. The van der Waals surface area contributed by atoms with Crippen LogP contribution >= 0.6 is 0 Å². The van der Waals surface area contributed by atoms with Gasteiger partial charge in [0.1, 0.15) is 5.60 Å². The number of hydrogen-bond acceptors (Lipinski definition) is 4. The van der Waals surface area contributed by atoms with Gasteiger partial charge in [-0.25, -0.2) is 9.78 Å². The highest BCUT2D eigenvalue weighted by Gasteiger charge is 2.30. The summed E-state index contributed by atoms with van der Waals surface area (Å²) >= 11 is 0. The monoisotopic (exact) mass is 380 g/mol. The van der Waals surface area contributed by atoms with Gasteiger partial charge in [0.05, 0.1) is 18.4 Å². The lowest BCUT2D eigenvalue weighted by molar-refractivity contribution is 0.0452. The molecule has 0 fully saturated rings. The average molecular weight is 381 g/mol. The molecule has 0 aliphatic heterocycles. The van der Waals surface area contributed by atoms with E-state index in [9.17, 15) is 4.79 Å². The number of nitrogens with one attached hydrogen (secondary N) is 3. The van der Waals surface area contributed by atoms with Gasteiger partial charge in [0.15, 0.2) is 5.96 Å². The number of imidazole rings is 1. The number of rotatable bonds is 9. The molecule has 0 aliphatic carbocycles. The summed E-state index contributed by atoms with van der Waals surface area (Å²) in [4.78, 5) is 21.0. The van der Waals surface area contributed by atoms with Crippen LogP contribution in [0.4, 0.5) is 4.79 Å². The van der Waals surface area contributed by atoms with Gasteiger partial charge in [0.25, 0.3) is 0 Å². The molecule has 1 heterocycles. The highest BCUT2D eigenvalue weighted by atomic mass is 16.6. The van der Waals surface area contributed by atoms with Crippen LogP contribution < -0.4 is 16.0 Å². The average Bonchev–Trinajstić information content (AvgIpc) is 3.10. The number of hydrogen-bond donors (Lipinski definition) is 3. The fourth-order valence-corrected chi connectivity index (χ4v) is 2.50. The maximum absolute atomic E-state index is 12.2. The number of carbonyl (C=O) groups is 1. The first-order chi connectivity index (χ1) is 12.7. The molecule has 0 unspecified atom stereocenters. The first kappa shape index (κ1) is 22.8. The van der Waals surface area contributed by atoms with Crippen LogP contribution in [0.15, 0.2) is 23.7 Å². The zero-order valence-electron chi connectivity index (χ0n) is 17.6. The normalized spacial score (nSPS) is 12.6. The minimum atomic E-state index is -0.523. The van der Waals surface area contributed by atoms with Crippen LogP contribution in [0.2, 0.25) is 0 Å². The lowest BCUT2D eigenvalue weighted by atomic mass is 9.93. The summed E-state index contributed by atoms with van der Waals surface area (Å²) in [6.07, 6.45) is 6.60.